The molecular weight excluding hydrogens is 253 g/mol. The first-order valence-electron chi connectivity index (χ1n) is 6.05. The summed E-state index contributed by atoms with van der Waals surface area (Å²) in [5.74, 6) is -0.737. The number of nitro groups is 1. The molecule has 2 N–H and O–H groups in total. The highest BCUT2D eigenvalue weighted by Gasteiger charge is 2.26. The zero-order chi connectivity index (χ0) is 14.0. The number of anilines is 1. The Kier molecular flexibility index (Phi) is 3.84. The van der Waals surface area contributed by atoms with Crippen LogP contribution in [-0.2, 0) is 0 Å². The number of nitrogens with two attached hydrogens (primary N) is 1. The summed E-state index contributed by atoms with van der Waals surface area (Å²) in [5, 5.41) is 11.0. The lowest BCUT2D eigenvalue weighted by Crippen LogP contribution is -2.43. The van der Waals surface area contributed by atoms with Gasteiger partial charge in [0.15, 0.2) is 11.6 Å². The van der Waals surface area contributed by atoms with Gasteiger partial charge < -0.3 is 15.4 Å². The van der Waals surface area contributed by atoms with E-state index in [2.05, 4.69) is 0 Å². The quantitative estimate of drug-likeness (QED) is 0.666. The van der Waals surface area contributed by atoms with Gasteiger partial charge in [-0.3, -0.25) is 10.1 Å². The van der Waals surface area contributed by atoms with E-state index in [0.717, 1.165) is 18.9 Å². The van der Waals surface area contributed by atoms with Crippen LogP contribution in [0.25, 0.3) is 0 Å². The van der Waals surface area contributed by atoms with Gasteiger partial charge in [0, 0.05) is 25.2 Å². The van der Waals surface area contributed by atoms with Crippen LogP contribution in [0, 0.1) is 15.9 Å². The third-order valence-electron chi connectivity index (χ3n) is 3.24. The van der Waals surface area contributed by atoms with Crippen molar-refractivity contribution < 1.29 is 14.1 Å². The Morgan fingerprint density at radius 3 is 2.89 bits per heavy atom. The number of ether oxygens (including phenoxy) is 1. The Morgan fingerprint density at radius 2 is 2.32 bits per heavy atom. The molecule has 1 atom stereocenters. The van der Waals surface area contributed by atoms with E-state index in [-0.39, 0.29) is 17.5 Å². The van der Waals surface area contributed by atoms with Crippen LogP contribution in [0.1, 0.15) is 12.8 Å². The fourth-order valence-electron chi connectivity index (χ4n) is 2.32. The van der Waals surface area contributed by atoms with Crippen molar-refractivity contribution in [1.82, 2.24) is 0 Å². The molecule has 1 heterocycles. The Bertz CT molecular complexity index is 495. The van der Waals surface area contributed by atoms with Gasteiger partial charge in [-0.05, 0) is 12.8 Å². The first-order chi connectivity index (χ1) is 9.02. The Hall–Kier alpha value is -1.89. The fraction of sp³-hybridized carbons (Fsp3) is 0.500. The van der Waals surface area contributed by atoms with Crippen LogP contribution in [0.2, 0.25) is 0 Å². The number of benzene rings is 1. The van der Waals surface area contributed by atoms with Crippen LogP contribution in [0.4, 0.5) is 15.8 Å². The molecule has 2 rings (SSSR count). The van der Waals surface area contributed by atoms with Gasteiger partial charge in [-0.1, -0.05) is 0 Å². The number of halogens is 1. The molecule has 1 saturated heterocycles. The van der Waals surface area contributed by atoms with Crippen LogP contribution in [0.3, 0.4) is 0 Å². The lowest BCUT2D eigenvalue weighted by Gasteiger charge is -2.32. The highest BCUT2D eigenvalue weighted by atomic mass is 19.1. The van der Waals surface area contributed by atoms with Crippen molar-refractivity contribution in [1.29, 1.82) is 0 Å². The molecule has 6 nitrogen and oxygen atoms in total. The molecule has 0 aromatic heterocycles. The molecule has 0 unspecified atom stereocenters. The van der Waals surface area contributed by atoms with Gasteiger partial charge >= 0.3 is 0 Å². The Labute approximate surface area is 110 Å². The topological polar surface area (TPSA) is 81.6 Å². The molecule has 0 amide bonds. The van der Waals surface area contributed by atoms with Crippen molar-refractivity contribution in [3.05, 3.63) is 28.1 Å². The first kappa shape index (κ1) is 13.5. The number of rotatable bonds is 3. The molecule has 0 radical (unpaired) electrons. The summed E-state index contributed by atoms with van der Waals surface area (Å²) in [5.41, 5.74) is 5.97. The summed E-state index contributed by atoms with van der Waals surface area (Å²) in [6, 6.07) is 2.24. The Morgan fingerprint density at radius 1 is 1.58 bits per heavy atom. The summed E-state index contributed by atoms with van der Waals surface area (Å²) >= 11 is 0. The number of hydrogen-bond acceptors (Lipinski definition) is 5. The van der Waals surface area contributed by atoms with Gasteiger partial charge in [-0.25, -0.2) is 4.39 Å². The minimum atomic E-state index is -0.737. The average molecular weight is 269 g/mol. The van der Waals surface area contributed by atoms with E-state index in [9.17, 15) is 14.5 Å². The number of nitrogens with zero attached hydrogens (tertiary/aromatic N) is 2. The molecule has 1 fully saturated rings. The lowest BCUT2D eigenvalue weighted by atomic mass is 10.1. The van der Waals surface area contributed by atoms with Crippen molar-refractivity contribution in [3.8, 4) is 5.75 Å². The molecule has 19 heavy (non-hydrogen) atoms. The van der Waals surface area contributed by atoms with Gasteiger partial charge in [0.1, 0.15) is 5.69 Å². The number of methoxy groups -OCH3 is 1. The standard InChI is InChI=1S/C12H16FN3O3/c1-19-12-6-10(11(16(17)18)5-9(12)13)15-4-2-3-8(14)7-15/h5-6,8H,2-4,7,14H2,1H3/t8-/m1/s1. The van der Waals surface area contributed by atoms with Crippen LogP contribution >= 0.6 is 0 Å². The minimum Gasteiger partial charge on any atom is -0.494 e. The summed E-state index contributed by atoms with van der Waals surface area (Å²) in [6.45, 7) is 1.19. The molecule has 7 heteroatoms. The van der Waals surface area contributed by atoms with E-state index in [1.54, 1.807) is 0 Å². The maximum absolute atomic E-state index is 13.6. The summed E-state index contributed by atoms with van der Waals surface area (Å²) < 4.78 is 18.4. The predicted octanol–water partition coefficient (Wildman–Crippen LogP) is 1.67. The highest BCUT2D eigenvalue weighted by Crippen LogP contribution is 2.35. The maximum Gasteiger partial charge on any atom is 0.295 e. The largest absolute Gasteiger partial charge is 0.494 e. The molecule has 0 aliphatic carbocycles. The second-order valence-electron chi connectivity index (χ2n) is 4.58. The van der Waals surface area contributed by atoms with E-state index in [1.807, 2.05) is 4.90 Å². The minimum absolute atomic E-state index is 0.000236. The average Bonchev–Trinajstić information content (AvgIpc) is 2.38. The zero-order valence-corrected chi connectivity index (χ0v) is 10.6. The van der Waals surface area contributed by atoms with Crippen molar-refractivity contribution in [2.24, 2.45) is 5.73 Å². The van der Waals surface area contributed by atoms with E-state index >= 15 is 0 Å². The number of piperidine rings is 1. The molecular formula is C12H16FN3O3. The van der Waals surface area contributed by atoms with Crippen molar-refractivity contribution in [2.45, 2.75) is 18.9 Å². The molecule has 1 aliphatic rings. The molecule has 1 aromatic rings. The third-order valence-corrected chi connectivity index (χ3v) is 3.24. The van der Waals surface area contributed by atoms with Crippen LogP contribution < -0.4 is 15.4 Å². The third kappa shape index (κ3) is 2.76. The van der Waals surface area contributed by atoms with E-state index < -0.39 is 10.7 Å². The van der Waals surface area contributed by atoms with Crippen LogP contribution in [-0.4, -0.2) is 31.2 Å². The molecule has 1 aliphatic heterocycles. The summed E-state index contributed by atoms with van der Waals surface area (Å²) in [6.07, 6.45) is 1.75. The maximum atomic E-state index is 13.6. The van der Waals surface area contributed by atoms with E-state index in [0.29, 0.717) is 18.8 Å². The molecule has 0 saturated carbocycles. The highest BCUT2D eigenvalue weighted by molar-refractivity contribution is 5.66. The van der Waals surface area contributed by atoms with Crippen molar-refractivity contribution in [2.75, 3.05) is 25.1 Å². The normalized spacial score (nSPS) is 19.3. The predicted molar refractivity (Wildman–Crippen MR) is 69.0 cm³/mol. The van der Waals surface area contributed by atoms with Crippen molar-refractivity contribution >= 4 is 11.4 Å². The summed E-state index contributed by atoms with van der Waals surface area (Å²) in [4.78, 5) is 12.3. The van der Waals surface area contributed by atoms with Crippen molar-refractivity contribution in [3.63, 3.8) is 0 Å². The second-order valence-corrected chi connectivity index (χ2v) is 4.58. The van der Waals surface area contributed by atoms with Gasteiger partial charge in [-0.15, -0.1) is 0 Å². The zero-order valence-electron chi connectivity index (χ0n) is 10.6. The molecule has 0 bridgehead atoms. The van der Waals surface area contributed by atoms with Gasteiger partial charge in [-0.2, -0.15) is 0 Å². The monoisotopic (exact) mass is 269 g/mol. The molecule has 104 valence electrons. The first-order valence-corrected chi connectivity index (χ1v) is 6.05. The lowest BCUT2D eigenvalue weighted by molar-refractivity contribution is -0.384. The van der Waals surface area contributed by atoms with Crippen LogP contribution in [0.5, 0.6) is 5.75 Å². The van der Waals surface area contributed by atoms with Gasteiger partial charge in [0.05, 0.1) is 18.1 Å². The van der Waals surface area contributed by atoms with Gasteiger partial charge in [0.25, 0.3) is 5.69 Å². The Balaban J connectivity index is 2.44. The smallest absolute Gasteiger partial charge is 0.295 e. The SMILES string of the molecule is COc1cc(N2CCC[C@@H](N)C2)c([N+](=O)[O-])cc1F. The molecule has 0 spiro atoms. The van der Waals surface area contributed by atoms with Crippen LogP contribution in [0.15, 0.2) is 12.1 Å². The fourth-order valence-corrected chi connectivity index (χ4v) is 2.32. The number of nitro benzene ring substituents is 1. The van der Waals surface area contributed by atoms with E-state index in [1.165, 1.54) is 13.2 Å². The van der Waals surface area contributed by atoms with E-state index in [4.69, 9.17) is 10.5 Å². The van der Waals surface area contributed by atoms with Gasteiger partial charge in [0.2, 0.25) is 0 Å². The summed E-state index contributed by atoms with van der Waals surface area (Å²) in [7, 11) is 1.33. The molecule has 1 aromatic carbocycles. The number of hydrogen-bond donors (Lipinski definition) is 1. The second kappa shape index (κ2) is 5.40.